The second-order valence-corrected chi connectivity index (χ2v) is 10.5. The summed E-state index contributed by atoms with van der Waals surface area (Å²) in [5, 5.41) is 14.1. The summed E-state index contributed by atoms with van der Waals surface area (Å²) in [7, 11) is -3.76. The molecule has 5 rings (SSSR count). The summed E-state index contributed by atoms with van der Waals surface area (Å²) in [6.45, 7) is 0.980. The Hall–Kier alpha value is -3.47. The highest BCUT2D eigenvalue weighted by Gasteiger charge is 2.36. The van der Waals surface area contributed by atoms with Gasteiger partial charge in [0.1, 0.15) is 11.6 Å². The molecule has 0 spiro atoms. The molecule has 0 unspecified atom stereocenters. The highest BCUT2D eigenvalue weighted by atomic mass is 32.2. The number of sulfone groups is 1. The number of pyridine rings is 1. The van der Waals surface area contributed by atoms with Crippen LogP contribution in [0.1, 0.15) is 29.7 Å². The van der Waals surface area contributed by atoms with Crippen molar-refractivity contribution >= 4 is 9.84 Å². The monoisotopic (exact) mass is 494 g/mol. The Morgan fingerprint density at radius 1 is 1.06 bits per heavy atom. The lowest BCUT2D eigenvalue weighted by molar-refractivity contribution is 0.169. The fraction of sp³-hybridized carbons (Fsp3) is 0.240. The van der Waals surface area contributed by atoms with Crippen LogP contribution in [0.4, 0.5) is 4.39 Å². The molecule has 1 N–H and O–H groups in total. The molecule has 2 atom stereocenters. The standard InChI is InChI=1S/C25H23FN4O4S/c26-19-8-10-21(11-9-19)35(32,33)16-24-28-25(34-29-24)23-13-20(31)15-30(23)14-17-4-6-18(7-5-17)22-3-1-2-12-27-22/h1-12,20,23,31H,13-16H2/t20-,23+/m1/s1. The van der Waals surface area contributed by atoms with Crippen LogP contribution in [0.25, 0.3) is 11.3 Å². The van der Waals surface area contributed by atoms with Gasteiger partial charge in [0.25, 0.3) is 0 Å². The molecular formula is C25H23FN4O4S. The zero-order valence-corrected chi connectivity index (χ0v) is 19.5. The van der Waals surface area contributed by atoms with Crippen LogP contribution in [-0.2, 0) is 22.1 Å². The molecule has 0 amide bonds. The fourth-order valence-corrected chi connectivity index (χ4v) is 5.39. The molecular weight excluding hydrogens is 471 g/mol. The van der Waals surface area contributed by atoms with Crippen molar-refractivity contribution in [1.82, 2.24) is 20.0 Å². The van der Waals surface area contributed by atoms with Crippen LogP contribution in [-0.4, -0.2) is 46.2 Å². The van der Waals surface area contributed by atoms with E-state index >= 15 is 0 Å². The number of aliphatic hydroxyl groups is 1. The molecule has 0 saturated carbocycles. The van der Waals surface area contributed by atoms with Crippen LogP contribution < -0.4 is 0 Å². The molecule has 1 aliphatic rings. The Morgan fingerprint density at radius 2 is 1.83 bits per heavy atom. The molecule has 0 aliphatic carbocycles. The lowest BCUT2D eigenvalue weighted by Gasteiger charge is -2.21. The quantitative estimate of drug-likeness (QED) is 0.389. The van der Waals surface area contributed by atoms with Gasteiger partial charge in [-0.05, 0) is 48.4 Å². The summed E-state index contributed by atoms with van der Waals surface area (Å²) in [5.41, 5.74) is 2.95. The lowest BCUT2D eigenvalue weighted by Crippen LogP contribution is -2.24. The molecule has 4 aromatic rings. The van der Waals surface area contributed by atoms with Crippen LogP contribution in [0.5, 0.6) is 0 Å². The minimum Gasteiger partial charge on any atom is -0.392 e. The van der Waals surface area contributed by atoms with E-state index in [0.29, 0.717) is 19.5 Å². The van der Waals surface area contributed by atoms with E-state index in [9.17, 15) is 17.9 Å². The van der Waals surface area contributed by atoms with Gasteiger partial charge >= 0.3 is 0 Å². The van der Waals surface area contributed by atoms with Crippen molar-refractivity contribution in [3.05, 3.63) is 96.0 Å². The third-order valence-corrected chi connectivity index (χ3v) is 7.57. The van der Waals surface area contributed by atoms with Gasteiger partial charge in [-0.1, -0.05) is 35.5 Å². The summed E-state index contributed by atoms with van der Waals surface area (Å²) in [6, 6.07) is 18.1. The number of aromatic nitrogens is 3. The van der Waals surface area contributed by atoms with Gasteiger partial charge in [-0.2, -0.15) is 4.98 Å². The third kappa shape index (κ3) is 5.29. The first-order chi connectivity index (χ1) is 16.9. The first-order valence-corrected chi connectivity index (χ1v) is 12.8. The molecule has 10 heteroatoms. The number of aliphatic hydroxyl groups excluding tert-OH is 1. The van der Waals surface area contributed by atoms with E-state index in [1.807, 2.05) is 47.4 Å². The smallest absolute Gasteiger partial charge is 0.244 e. The first-order valence-electron chi connectivity index (χ1n) is 11.1. The van der Waals surface area contributed by atoms with E-state index in [-0.39, 0.29) is 22.7 Å². The Balaban J connectivity index is 1.29. The Kier molecular flexibility index (Phi) is 6.42. The number of likely N-dealkylation sites (tertiary alicyclic amines) is 1. The maximum absolute atomic E-state index is 13.1. The molecule has 1 fully saturated rings. The predicted octanol–water partition coefficient (Wildman–Crippen LogP) is 3.55. The summed E-state index contributed by atoms with van der Waals surface area (Å²) < 4.78 is 43.8. The number of rotatable bonds is 7. The van der Waals surface area contributed by atoms with Crippen LogP contribution in [0.2, 0.25) is 0 Å². The second kappa shape index (κ2) is 9.65. The minimum atomic E-state index is -3.76. The summed E-state index contributed by atoms with van der Waals surface area (Å²) in [5.74, 6) is -0.703. The Labute approximate surface area is 202 Å². The molecule has 1 aliphatic heterocycles. The van der Waals surface area contributed by atoms with E-state index in [0.717, 1.165) is 29.0 Å². The van der Waals surface area contributed by atoms with E-state index in [1.165, 1.54) is 12.1 Å². The zero-order chi connectivity index (χ0) is 24.4. The molecule has 3 heterocycles. The molecule has 2 aromatic heterocycles. The van der Waals surface area contributed by atoms with Crippen LogP contribution in [0, 0.1) is 5.82 Å². The van der Waals surface area contributed by atoms with Crippen molar-refractivity contribution in [2.24, 2.45) is 0 Å². The number of hydrogen-bond acceptors (Lipinski definition) is 8. The summed E-state index contributed by atoms with van der Waals surface area (Å²) >= 11 is 0. The van der Waals surface area contributed by atoms with Gasteiger partial charge in [-0.15, -0.1) is 0 Å². The van der Waals surface area contributed by atoms with Gasteiger partial charge in [0.05, 0.1) is 22.7 Å². The van der Waals surface area contributed by atoms with Crippen LogP contribution in [0.15, 0.2) is 82.3 Å². The highest BCUT2D eigenvalue weighted by molar-refractivity contribution is 7.90. The van der Waals surface area contributed by atoms with Crippen molar-refractivity contribution < 1.29 is 22.4 Å². The SMILES string of the molecule is O=S(=O)(Cc1noc([C@@H]2C[C@@H](O)CN2Cc2ccc(-c3ccccn3)cc2)n1)c1ccc(F)cc1. The molecule has 0 radical (unpaired) electrons. The normalized spacial score (nSPS) is 18.7. The van der Waals surface area contributed by atoms with Crippen molar-refractivity contribution in [3.63, 3.8) is 0 Å². The van der Waals surface area contributed by atoms with E-state index in [1.54, 1.807) is 6.20 Å². The molecule has 2 aromatic carbocycles. The van der Waals surface area contributed by atoms with Gasteiger partial charge in [0, 0.05) is 24.8 Å². The third-order valence-electron chi connectivity index (χ3n) is 5.94. The lowest BCUT2D eigenvalue weighted by atomic mass is 10.1. The number of nitrogens with zero attached hydrogens (tertiary/aromatic N) is 4. The summed E-state index contributed by atoms with van der Waals surface area (Å²) in [4.78, 5) is 10.7. The molecule has 0 bridgehead atoms. The van der Waals surface area contributed by atoms with Crippen molar-refractivity contribution in [2.75, 3.05) is 6.54 Å². The number of β-amino-alcohol motifs (C(OH)–C–C–N with tert-alkyl or cyclic N) is 1. The maximum Gasteiger partial charge on any atom is 0.244 e. The van der Waals surface area contributed by atoms with Crippen molar-refractivity contribution in [3.8, 4) is 11.3 Å². The van der Waals surface area contributed by atoms with E-state index < -0.39 is 27.5 Å². The number of hydrogen-bond donors (Lipinski definition) is 1. The van der Waals surface area contributed by atoms with Gasteiger partial charge < -0.3 is 9.63 Å². The average Bonchev–Trinajstić information content (AvgIpc) is 3.46. The first kappa shape index (κ1) is 23.3. The molecule has 180 valence electrons. The topological polar surface area (TPSA) is 109 Å². The van der Waals surface area contributed by atoms with Crippen molar-refractivity contribution in [1.29, 1.82) is 0 Å². The van der Waals surface area contributed by atoms with Gasteiger partial charge in [-0.25, -0.2) is 12.8 Å². The van der Waals surface area contributed by atoms with Gasteiger partial charge in [0.15, 0.2) is 15.7 Å². The highest BCUT2D eigenvalue weighted by Crippen LogP contribution is 2.33. The van der Waals surface area contributed by atoms with Crippen LogP contribution >= 0.6 is 0 Å². The molecule has 1 saturated heterocycles. The van der Waals surface area contributed by atoms with Gasteiger partial charge in [0.2, 0.25) is 5.89 Å². The van der Waals surface area contributed by atoms with Crippen LogP contribution in [0.3, 0.4) is 0 Å². The molecule has 8 nitrogen and oxygen atoms in total. The Morgan fingerprint density at radius 3 is 2.54 bits per heavy atom. The van der Waals surface area contributed by atoms with E-state index in [2.05, 4.69) is 15.1 Å². The molecule has 35 heavy (non-hydrogen) atoms. The fourth-order valence-electron chi connectivity index (χ4n) is 4.22. The van der Waals surface area contributed by atoms with Gasteiger partial charge in [-0.3, -0.25) is 9.88 Å². The average molecular weight is 495 g/mol. The number of halogens is 1. The zero-order valence-electron chi connectivity index (χ0n) is 18.7. The Bertz CT molecular complexity index is 1390. The predicted molar refractivity (Wildman–Crippen MR) is 125 cm³/mol. The largest absolute Gasteiger partial charge is 0.392 e. The number of benzene rings is 2. The maximum atomic E-state index is 13.1. The minimum absolute atomic E-state index is 0.0164. The second-order valence-electron chi connectivity index (χ2n) is 8.51. The summed E-state index contributed by atoms with van der Waals surface area (Å²) in [6.07, 6.45) is 1.59. The van der Waals surface area contributed by atoms with E-state index in [4.69, 9.17) is 4.52 Å². The van der Waals surface area contributed by atoms with Crippen molar-refractivity contribution in [2.45, 2.75) is 35.8 Å².